The van der Waals surface area contributed by atoms with Gasteiger partial charge >= 0.3 is 0 Å². The average Bonchev–Trinajstić information content (AvgIpc) is 2.92. The van der Waals surface area contributed by atoms with Gasteiger partial charge in [-0.3, -0.25) is 4.79 Å². The number of para-hydroxylation sites is 1. The van der Waals surface area contributed by atoms with E-state index in [1.54, 1.807) is 12.1 Å². The average molecular weight is 542 g/mol. The van der Waals surface area contributed by atoms with Gasteiger partial charge < -0.3 is 15.1 Å². The minimum atomic E-state index is -0.198. The molecule has 0 radical (unpaired) electrons. The van der Waals surface area contributed by atoms with Gasteiger partial charge in [-0.2, -0.15) is 0 Å². The second kappa shape index (κ2) is 13.6. The van der Waals surface area contributed by atoms with Gasteiger partial charge in [0, 0.05) is 50.1 Å². The Morgan fingerprint density at radius 1 is 1.00 bits per heavy atom. The van der Waals surface area contributed by atoms with Crippen LogP contribution in [0.2, 0.25) is 5.15 Å². The zero-order valence-electron chi connectivity index (χ0n) is 21.1. The zero-order valence-corrected chi connectivity index (χ0v) is 22.7. The number of thioether (sulfide) groups is 1. The molecule has 2 heterocycles. The van der Waals surface area contributed by atoms with Crippen molar-refractivity contribution in [2.24, 2.45) is 0 Å². The lowest BCUT2D eigenvalue weighted by atomic mass is 10.1. The molecule has 0 bridgehead atoms. The van der Waals surface area contributed by atoms with E-state index in [-0.39, 0.29) is 11.7 Å². The van der Waals surface area contributed by atoms with Crippen LogP contribution in [0.1, 0.15) is 48.5 Å². The summed E-state index contributed by atoms with van der Waals surface area (Å²) in [7, 11) is 0. The highest BCUT2D eigenvalue weighted by atomic mass is 35.5. The smallest absolute Gasteiger partial charge is 0.251 e. The highest BCUT2D eigenvalue weighted by Crippen LogP contribution is 2.27. The van der Waals surface area contributed by atoms with Crippen molar-refractivity contribution in [3.63, 3.8) is 0 Å². The molecule has 1 aliphatic heterocycles. The van der Waals surface area contributed by atoms with Crippen molar-refractivity contribution in [3.05, 3.63) is 76.7 Å². The number of piperazine rings is 1. The number of carbonyl (C=O) groups is 1. The number of hydrogen-bond donors (Lipinski definition) is 1. The van der Waals surface area contributed by atoms with Gasteiger partial charge in [0.2, 0.25) is 0 Å². The second-order valence-electron chi connectivity index (χ2n) is 9.06. The van der Waals surface area contributed by atoms with Crippen molar-refractivity contribution in [2.45, 2.75) is 43.5 Å². The molecule has 196 valence electrons. The van der Waals surface area contributed by atoms with Crippen LogP contribution < -0.4 is 15.1 Å². The summed E-state index contributed by atoms with van der Waals surface area (Å²) in [6.07, 6.45) is 4.54. The van der Waals surface area contributed by atoms with Crippen LogP contribution in [-0.2, 0) is 5.75 Å². The van der Waals surface area contributed by atoms with Crippen LogP contribution in [0.4, 0.5) is 15.9 Å². The highest BCUT2D eigenvalue weighted by molar-refractivity contribution is 7.98. The van der Waals surface area contributed by atoms with Crippen molar-refractivity contribution in [3.8, 4) is 0 Å². The molecule has 1 aromatic heterocycles. The number of amides is 1. The van der Waals surface area contributed by atoms with Crippen LogP contribution >= 0.6 is 23.4 Å². The van der Waals surface area contributed by atoms with Crippen molar-refractivity contribution in [2.75, 3.05) is 42.5 Å². The third kappa shape index (κ3) is 7.82. The molecule has 1 saturated heterocycles. The normalized spacial score (nSPS) is 13.6. The fourth-order valence-electron chi connectivity index (χ4n) is 4.25. The van der Waals surface area contributed by atoms with E-state index in [1.807, 2.05) is 36.4 Å². The number of halogens is 2. The van der Waals surface area contributed by atoms with E-state index >= 15 is 0 Å². The summed E-state index contributed by atoms with van der Waals surface area (Å²) >= 11 is 7.83. The number of hydrogen-bond acceptors (Lipinski definition) is 6. The first-order valence-corrected chi connectivity index (χ1v) is 14.2. The van der Waals surface area contributed by atoms with Gasteiger partial charge in [-0.15, -0.1) is 0 Å². The molecule has 0 unspecified atom stereocenters. The molecular formula is C28H33ClFN5OS. The number of aromatic nitrogens is 2. The van der Waals surface area contributed by atoms with Crippen LogP contribution in [0.3, 0.4) is 0 Å². The SMILES string of the molecule is CCCCCCNC(=O)c1ccc(CSc2nc(Cl)cc(N3CCN(c4ccccc4F)CC3)n2)cc1. The summed E-state index contributed by atoms with van der Waals surface area (Å²) in [4.78, 5) is 25.7. The van der Waals surface area contributed by atoms with E-state index in [1.165, 1.54) is 30.7 Å². The Hall–Kier alpha value is -2.84. The molecule has 0 atom stereocenters. The van der Waals surface area contributed by atoms with Crippen LogP contribution in [-0.4, -0.2) is 48.6 Å². The first kappa shape index (κ1) is 27.2. The molecule has 37 heavy (non-hydrogen) atoms. The molecule has 2 aromatic carbocycles. The maximum Gasteiger partial charge on any atom is 0.251 e. The predicted molar refractivity (Wildman–Crippen MR) is 150 cm³/mol. The van der Waals surface area contributed by atoms with Gasteiger partial charge in [-0.1, -0.05) is 73.8 Å². The first-order chi connectivity index (χ1) is 18.0. The summed E-state index contributed by atoms with van der Waals surface area (Å²) in [5, 5.41) is 3.99. The van der Waals surface area contributed by atoms with E-state index in [2.05, 4.69) is 27.0 Å². The number of rotatable bonds is 11. The summed E-state index contributed by atoms with van der Waals surface area (Å²) in [6.45, 7) is 5.71. The van der Waals surface area contributed by atoms with E-state index in [4.69, 9.17) is 16.6 Å². The standard InChI is InChI=1S/C28H33ClFN5OS/c1-2-3-4-7-14-31-27(36)22-12-10-21(11-13-22)20-37-28-32-25(29)19-26(33-28)35-17-15-34(16-18-35)24-9-6-5-8-23(24)30/h5-6,8-13,19H,2-4,7,14-18,20H2,1H3,(H,31,36). The molecule has 0 spiro atoms. The van der Waals surface area contributed by atoms with Gasteiger partial charge in [0.25, 0.3) is 5.91 Å². The Labute approximate surface area is 227 Å². The highest BCUT2D eigenvalue weighted by Gasteiger charge is 2.21. The van der Waals surface area contributed by atoms with Crippen LogP contribution in [0.15, 0.2) is 59.8 Å². The first-order valence-electron chi connectivity index (χ1n) is 12.8. The van der Waals surface area contributed by atoms with E-state index in [0.717, 1.165) is 24.2 Å². The molecule has 1 fully saturated rings. The fraction of sp³-hybridized carbons (Fsp3) is 0.393. The lowest BCUT2D eigenvalue weighted by Crippen LogP contribution is -2.47. The number of benzene rings is 2. The molecule has 0 saturated carbocycles. The number of carbonyl (C=O) groups excluding carboxylic acids is 1. The molecule has 9 heteroatoms. The van der Waals surface area contributed by atoms with Crippen LogP contribution in [0.5, 0.6) is 0 Å². The van der Waals surface area contributed by atoms with Gasteiger partial charge in [0.05, 0.1) is 5.69 Å². The number of nitrogens with one attached hydrogen (secondary N) is 1. The lowest BCUT2D eigenvalue weighted by molar-refractivity contribution is 0.0953. The van der Waals surface area contributed by atoms with Crippen LogP contribution in [0, 0.1) is 5.82 Å². The minimum Gasteiger partial charge on any atom is -0.366 e. The molecular weight excluding hydrogens is 509 g/mol. The van der Waals surface area contributed by atoms with Gasteiger partial charge in [-0.25, -0.2) is 14.4 Å². The third-order valence-corrected chi connectivity index (χ3v) is 7.47. The lowest BCUT2D eigenvalue weighted by Gasteiger charge is -2.36. The number of nitrogens with zero attached hydrogens (tertiary/aromatic N) is 4. The molecule has 1 aliphatic rings. The molecule has 1 N–H and O–H groups in total. The second-order valence-corrected chi connectivity index (χ2v) is 10.4. The van der Waals surface area contributed by atoms with Gasteiger partial charge in [-0.05, 0) is 36.2 Å². The van der Waals surface area contributed by atoms with Crippen molar-refractivity contribution in [1.82, 2.24) is 15.3 Å². The molecule has 0 aliphatic carbocycles. The van der Waals surface area contributed by atoms with Crippen molar-refractivity contribution >= 4 is 40.8 Å². The molecule has 3 aromatic rings. The Bertz CT molecular complexity index is 1170. The third-order valence-electron chi connectivity index (χ3n) is 6.36. The minimum absolute atomic E-state index is 0.0337. The molecule has 6 nitrogen and oxygen atoms in total. The summed E-state index contributed by atoms with van der Waals surface area (Å²) in [6, 6.07) is 16.3. The Kier molecular flexibility index (Phi) is 10.0. The summed E-state index contributed by atoms with van der Waals surface area (Å²) in [5.74, 6) is 1.21. The Balaban J connectivity index is 1.29. The van der Waals surface area contributed by atoms with Gasteiger partial charge in [0.15, 0.2) is 5.16 Å². The monoisotopic (exact) mass is 541 g/mol. The van der Waals surface area contributed by atoms with Crippen molar-refractivity contribution < 1.29 is 9.18 Å². The topological polar surface area (TPSA) is 61.4 Å². The fourth-order valence-corrected chi connectivity index (χ4v) is 5.29. The van der Waals surface area contributed by atoms with E-state index in [9.17, 15) is 9.18 Å². The van der Waals surface area contributed by atoms with Crippen molar-refractivity contribution in [1.29, 1.82) is 0 Å². The molecule has 4 rings (SSSR count). The summed E-state index contributed by atoms with van der Waals surface area (Å²) in [5.41, 5.74) is 2.38. The van der Waals surface area contributed by atoms with Crippen LogP contribution in [0.25, 0.3) is 0 Å². The van der Waals surface area contributed by atoms with E-state index < -0.39 is 0 Å². The predicted octanol–water partition coefficient (Wildman–Crippen LogP) is 6.20. The summed E-state index contributed by atoms with van der Waals surface area (Å²) < 4.78 is 14.2. The molecule has 1 amide bonds. The maximum absolute atomic E-state index is 14.2. The Morgan fingerprint density at radius 2 is 1.73 bits per heavy atom. The zero-order chi connectivity index (χ0) is 26.0. The Morgan fingerprint density at radius 3 is 2.46 bits per heavy atom. The number of unbranched alkanes of at least 4 members (excludes halogenated alkanes) is 3. The maximum atomic E-state index is 14.2. The van der Waals surface area contributed by atoms with Gasteiger partial charge in [0.1, 0.15) is 16.8 Å². The van der Waals surface area contributed by atoms with E-state index in [0.29, 0.717) is 60.0 Å². The quantitative estimate of drug-likeness (QED) is 0.135. The largest absolute Gasteiger partial charge is 0.366 e. The number of anilines is 2.